The first-order valence-electron chi connectivity index (χ1n) is 6.01. The summed E-state index contributed by atoms with van der Waals surface area (Å²) in [6.07, 6.45) is 0.900. The van der Waals surface area contributed by atoms with Crippen molar-refractivity contribution >= 4 is 10.8 Å². The lowest BCUT2D eigenvalue weighted by atomic mass is 10.0. The molecule has 4 unspecified atom stereocenters. The van der Waals surface area contributed by atoms with Crippen LogP contribution in [0, 0.1) is 0 Å². The van der Waals surface area contributed by atoms with E-state index in [1.807, 2.05) is 38.1 Å². The van der Waals surface area contributed by atoms with E-state index in [-0.39, 0.29) is 16.5 Å². The zero-order chi connectivity index (χ0) is 12.4. The average molecular weight is 253 g/mol. The monoisotopic (exact) mass is 253 g/mol. The third-order valence-electron chi connectivity index (χ3n) is 3.35. The van der Waals surface area contributed by atoms with E-state index in [9.17, 15) is 4.21 Å². The van der Waals surface area contributed by atoms with Crippen LogP contribution in [0.1, 0.15) is 31.9 Å². The van der Waals surface area contributed by atoms with Crippen molar-refractivity contribution in [3.8, 4) is 5.75 Å². The highest BCUT2D eigenvalue weighted by atomic mass is 32.2. The predicted octanol–water partition coefficient (Wildman–Crippen LogP) is 1.99. The highest BCUT2D eigenvalue weighted by Gasteiger charge is 2.33. The van der Waals surface area contributed by atoms with Gasteiger partial charge in [0.2, 0.25) is 0 Å². The van der Waals surface area contributed by atoms with Crippen LogP contribution in [0.15, 0.2) is 24.3 Å². The van der Waals surface area contributed by atoms with E-state index in [1.165, 1.54) is 0 Å². The Morgan fingerprint density at radius 2 is 2.24 bits per heavy atom. The summed E-state index contributed by atoms with van der Waals surface area (Å²) in [4.78, 5) is 0. The maximum atomic E-state index is 12.3. The first-order chi connectivity index (χ1) is 8.15. The summed E-state index contributed by atoms with van der Waals surface area (Å²) in [6.45, 7) is 4.50. The molecule has 4 heteroatoms. The van der Waals surface area contributed by atoms with Gasteiger partial charge in [-0.1, -0.05) is 32.0 Å². The Bertz CT molecular complexity index is 422. The fraction of sp³-hybridized carbons (Fsp3) is 0.538. The number of nitrogens with two attached hydrogens (primary N) is 1. The quantitative estimate of drug-likeness (QED) is 0.896. The number of fused-ring (bicyclic) bond motifs is 1. The maximum absolute atomic E-state index is 12.3. The Kier molecular flexibility index (Phi) is 3.84. The summed E-state index contributed by atoms with van der Waals surface area (Å²) in [6, 6.07) is 7.56. The van der Waals surface area contributed by atoms with Crippen molar-refractivity contribution in [2.75, 3.05) is 6.61 Å². The van der Waals surface area contributed by atoms with E-state index < -0.39 is 10.8 Å². The molecule has 1 aliphatic heterocycles. The molecule has 2 N–H and O–H groups in total. The second-order valence-electron chi connectivity index (χ2n) is 4.46. The van der Waals surface area contributed by atoms with Gasteiger partial charge in [-0.25, -0.2) is 0 Å². The van der Waals surface area contributed by atoms with E-state index in [2.05, 4.69) is 0 Å². The minimum Gasteiger partial charge on any atom is -0.492 e. The molecule has 4 atom stereocenters. The largest absolute Gasteiger partial charge is 0.492 e. The third-order valence-corrected chi connectivity index (χ3v) is 5.50. The minimum absolute atomic E-state index is 0.0974. The Hall–Kier alpha value is -0.870. The number of benzene rings is 1. The molecule has 0 aliphatic carbocycles. The number of hydrogen-bond acceptors (Lipinski definition) is 3. The average Bonchev–Trinajstić information content (AvgIpc) is 2.38. The molecule has 17 heavy (non-hydrogen) atoms. The van der Waals surface area contributed by atoms with Crippen molar-refractivity contribution in [1.82, 2.24) is 0 Å². The van der Waals surface area contributed by atoms with Crippen molar-refractivity contribution in [3.63, 3.8) is 0 Å². The zero-order valence-electron chi connectivity index (χ0n) is 10.3. The van der Waals surface area contributed by atoms with Gasteiger partial charge in [-0.2, -0.15) is 0 Å². The van der Waals surface area contributed by atoms with Crippen LogP contribution in [-0.2, 0) is 10.8 Å². The molecule has 1 aliphatic rings. The maximum Gasteiger partial charge on any atom is 0.124 e. The highest BCUT2D eigenvalue weighted by molar-refractivity contribution is 7.86. The van der Waals surface area contributed by atoms with Crippen molar-refractivity contribution in [3.05, 3.63) is 29.8 Å². The molecule has 1 aromatic carbocycles. The summed E-state index contributed by atoms with van der Waals surface area (Å²) in [5.41, 5.74) is 7.18. The second-order valence-corrected chi connectivity index (χ2v) is 6.53. The first kappa shape index (κ1) is 12.6. The smallest absolute Gasteiger partial charge is 0.124 e. The molecule has 0 spiro atoms. The molecule has 94 valence electrons. The molecule has 0 fully saturated rings. The summed E-state index contributed by atoms with van der Waals surface area (Å²) < 4.78 is 17.9. The van der Waals surface area contributed by atoms with Crippen molar-refractivity contribution < 1.29 is 8.95 Å². The van der Waals surface area contributed by atoms with Gasteiger partial charge >= 0.3 is 0 Å². The van der Waals surface area contributed by atoms with E-state index in [1.54, 1.807) is 0 Å². The van der Waals surface area contributed by atoms with Crippen molar-refractivity contribution in [2.45, 2.75) is 36.8 Å². The van der Waals surface area contributed by atoms with Crippen LogP contribution in [0.3, 0.4) is 0 Å². The molecule has 0 bridgehead atoms. The topological polar surface area (TPSA) is 52.3 Å². The lowest BCUT2D eigenvalue weighted by molar-refractivity contribution is 0.273. The molecule has 0 saturated heterocycles. The lowest BCUT2D eigenvalue weighted by Gasteiger charge is -2.31. The number of rotatable bonds is 3. The second kappa shape index (κ2) is 5.19. The lowest BCUT2D eigenvalue weighted by Crippen LogP contribution is -2.41. The number of para-hydroxylation sites is 1. The van der Waals surface area contributed by atoms with Crippen molar-refractivity contribution in [1.29, 1.82) is 0 Å². The number of hydrogen-bond donors (Lipinski definition) is 1. The van der Waals surface area contributed by atoms with Gasteiger partial charge in [0, 0.05) is 21.6 Å². The molecule has 1 heterocycles. The molecule has 1 aromatic rings. The van der Waals surface area contributed by atoms with Gasteiger partial charge < -0.3 is 10.5 Å². The minimum atomic E-state index is -0.939. The van der Waals surface area contributed by atoms with Crippen molar-refractivity contribution in [2.24, 2.45) is 5.73 Å². The van der Waals surface area contributed by atoms with Crippen LogP contribution in [0.5, 0.6) is 5.75 Å². The van der Waals surface area contributed by atoms with Gasteiger partial charge in [0.1, 0.15) is 12.4 Å². The standard InChI is InChI=1S/C13H19NO2S/c1-3-9(2)17(15)12-8-16-11-7-5-4-6-10(11)13(12)14/h4-7,9,12-13H,3,8,14H2,1-2H3. The third kappa shape index (κ3) is 2.38. The normalized spacial score (nSPS) is 26.8. The van der Waals surface area contributed by atoms with Crippen LogP contribution in [0.4, 0.5) is 0 Å². The molecule has 0 amide bonds. The van der Waals surface area contributed by atoms with Gasteiger partial charge in [0.15, 0.2) is 0 Å². The van der Waals surface area contributed by atoms with Gasteiger partial charge in [-0.3, -0.25) is 4.21 Å². The predicted molar refractivity (Wildman–Crippen MR) is 70.5 cm³/mol. The van der Waals surface area contributed by atoms with E-state index in [0.717, 1.165) is 17.7 Å². The highest BCUT2D eigenvalue weighted by Crippen LogP contribution is 2.33. The van der Waals surface area contributed by atoms with E-state index in [0.29, 0.717) is 6.61 Å². The van der Waals surface area contributed by atoms with Gasteiger partial charge in [0.25, 0.3) is 0 Å². The van der Waals surface area contributed by atoms with Gasteiger partial charge in [-0.05, 0) is 12.5 Å². The molecular weight excluding hydrogens is 234 g/mol. The Balaban J connectivity index is 2.23. The summed E-state index contributed by atoms with van der Waals surface area (Å²) >= 11 is 0. The van der Waals surface area contributed by atoms with Crippen LogP contribution >= 0.6 is 0 Å². The Morgan fingerprint density at radius 3 is 2.94 bits per heavy atom. The Labute approximate surface area is 105 Å². The fourth-order valence-corrected chi connectivity index (χ4v) is 3.60. The Morgan fingerprint density at radius 1 is 1.53 bits per heavy atom. The van der Waals surface area contributed by atoms with Gasteiger partial charge in [0.05, 0.1) is 11.3 Å². The van der Waals surface area contributed by atoms with Crippen LogP contribution < -0.4 is 10.5 Å². The summed E-state index contributed by atoms with van der Waals surface area (Å²) in [5, 5.41) is 0.0692. The van der Waals surface area contributed by atoms with Crippen LogP contribution in [0.2, 0.25) is 0 Å². The van der Waals surface area contributed by atoms with E-state index in [4.69, 9.17) is 10.5 Å². The van der Waals surface area contributed by atoms with Crippen LogP contribution in [-0.4, -0.2) is 21.3 Å². The molecular formula is C13H19NO2S. The molecule has 0 saturated carbocycles. The van der Waals surface area contributed by atoms with Gasteiger partial charge in [-0.15, -0.1) is 0 Å². The van der Waals surface area contributed by atoms with E-state index >= 15 is 0 Å². The number of ether oxygens (including phenoxy) is 1. The molecule has 0 radical (unpaired) electrons. The molecule has 2 rings (SSSR count). The molecule has 0 aromatic heterocycles. The zero-order valence-corrected chi connectivity index (χ0v) is 11.1. The van der Waals surface area contributed by atoms with Crippen LogP contribution in [0.25, 0.3) is 0 Å². The summed E-state index contributed by atoms with van der Waals surface area (Å²) in [7, 11) is -0.939. The first-order valence-corrected chi connectivity index (χ1v) is 7.29. The molecule has 3 nitrogen and oxygen atoms in total. The fourth-order valence-electron chi connectivity index (χ4n) is 2.04. The summed E-state index contributed by atoms with van der Waals surface area (Å²) in [5.74, 6) is 0.831. The SMILES string of the molecule is CCC(C)S(=O)C1COc2ccccc2C1N.